The number of benzene rings is 1. The minimum absolute atomic E-state index is 0.0374. The molecule has 2 aromatic rings. The van der Waals surface area contributed by atoms with Crippen LogP contribution >= 0.6 is 0 Å². The van der Waals surface area contributed by atoms with E-state index >= 15 is 0 Å². The number of amides is 1. The average Bonchev–Trinajstić information content (AvgIpc) is 2.79. The molecule has 0 bridgehead atoms. The van der Waals surface area contributed by atoms with Crippen molar-refractivity contribution in [3.63, 3.8) is 0 Å². The van der Waals surface area contributed by atoms with Gasteiger partial charge in [0.2, 0.25) is 0 Å². The fraction of sp³-hybridized carbons (Fsp3) is 0.409. The van der Waals surface area contributed by atoms with Gasteiger partial charge in [0.1, 0.15) is 11.9 Å². The molecule has 2 heterocycles. The first-order valence-electron chi connectivity index (χ1n) is 9.88. The molecule has 0 aliphatic carbocycles. The normalized spacial score (nSPS) is 13.7. The Morgan fingerprint density at radius 1 is 1.21 bits per heavy atom. The Hall–Kier alpha value is -3.27. The Kier molecular flexibility index (Phi) is 6.90. The number of nitriles is 1. The third-order valence-electron chi connectivity index (χ3n) is 4.94. The fourth-order valence-electron chi connectivity index (χ4n) is 3.29. The lowest BCUT2D eigenvalue weighted by molar-refractivity contribution is 0.0746. The molecule has 1 fully saturated rings. The zero-order chi connectivity index (χ0) is 20.6. The average molecular weight is 394 g/mol. The van der Waals surface area contributed by atoms with E-state index in [1.54, 1.807) is 43.6 Å². The highest BCUT2D eigenvalue weighted by Crippen LogP contribution is 2.29. The highest BCUT2D eigenvalue weighted by Gasteiger charge is 2.24. The van der Waals surface area contributed by atoms with Crippen LogP contribution in [-0.2, 0) is 0 Å². The highest BCUT2D eigenvalue weighted by molar-refractivity contribution is 5.95. The summed E-state index contributed by atoms with van der Waals surface area (Å²) < 4.78 is 11.2. The number of aromatic nitrogens is 1. The van der Waals surface area contributed by atoms with Crippen LogP contribution in [0.4, 0.5) is 5.82 Å². The van der Waals surface area contributed by atoms with Gasteiger partial charge in [-0.05, 0) is 36.8 Å². The topological polar surface area (TPSA) is 78.7 Å². The number of unbranched alkanes of at least 4 members (excludes halogenated alkanes) is 1. The maximum atomic E-state index is 12.9. The number of anilines is 1. The first-order valence-corrected chi connectivity index (χ1v) is 9.88. The van der Waals surface area contributed by atoms with Crippen molar-refractivity contribution in [2.45, 2.75) is 19.8 Å². The van der Waals surface area contributed by atoms with Crippen LogP contribution in [0.15, 0.2) is 36.5 Å². The smallest absolute Gasteiger partial charge is 0.254 e. The van der Waals surface area contributed by atoms with Crippen LogP contribution in [-0.4, -0.2) is 55.7 Å². The Morgan fingerprint density at radius 2 is 2.00 bits per heavy atom. The van der Waals surface area contributed by atoms with Gasteiger partial charge in [-0.1, -0.05) is 13.3 Å². The molecule has 29 heavy (non-hydrogen) atoms. The molecule has 0 atom stereocenters. The third kappa shape index (κ3) is 4.77. The highest BCUT2D eigenvalue weighted by atomic mass is 16.5. The summed E-state index contributed by atoms with van der Waals surface area (Å²) >= 11 is 0. The van der Waals surface area contributed by atoms with E-state index in [9.17, 15) is 10.1 Å². The molecular weight excluding hydrogens is 368 g/mol. The van der Waals surface area contributed by atoms with Crippen LogP contribution in [0.3, 0.4) is 0 Å². The van der Waals surface area contributed by atoms with E-state index in [0.29, 0.717) is 61.2 Å². The summed E-state index contributed by atoms with van der Waals surface area (Å²) in [6, 6.07) is 11.0. The maximum absolute atomic E-state index is 12.9. The molecule has 1 saturated heterocycles. The van der Waals surface area contributed by atoms with E-state index in [0.717, 1.165) is 12.8 Å². The van der Waals surface area contributed by atoms with Crippen LogP contribution in [0.5, 0.6) is 11.5 Å². The quantitative estimate of drug-likeness (QED) is 0.672. The molecule has 3 rings (SSSR count). The number of hydrogen-bond donors (Lipinski definition) is 0. The first-order chi connectivity index (χ1) is 14.2. The Balaban J connectivity index is 1.65. The molecule has 152 valence electrons. The molecule has 1 aromatic carbocycles. The second-order valence-corrected chi connectivity index (χ2v) is 6.83. The van der Waals surface area contributed by atoms with Crippen LogP contribution in [0.25, 0.3) is 0 Å². The first kappa shape index (κ1) is 20.5. The zero-order valence-corrected chi connectivity index (χ0v) is 16.9. The molecule has 0 saturated carbocycles. The number of carbonyl (C=O) groups excluding carboxylic acids is 1. The number of nitrogens with zero attached hydrogens (tertiary/aromatic N) is 4. The molecule has 1 amide bonds. The molecule has 0 unspecified atom stereocenters. The molecule has 0 radical (unpaired) electrons. The summed E-state index contributed by atoms with van der Waals surface area (Å²) in [5.41, 5.74) is 1.13. The van der Waals surface area contributed by atoms with Crippen molar-refractivity contribution in [2.24, 2.45) is 0 Å². The molecule has 0 N–H and O–H groups in total. The maximum Gasteiger partial charge on any atom is 0.254 e. The van der Waals surface area contributed by atoms with E-state index < -0.39 is 0 Å². The van der Waals surface area contributed by atoms with Crippen LogP contribution < -0.4 is 14.4 Å². The number of methoxy groups -OCH3 is 1. The summed E-state index contributed by atoms with van der Waals surface area (Å²) in [5, 5.41) is 9.27. The van der Waals surface area contributed by atoms with Gasteiger partial charge in [0.15, 0.2) is 11.5 Å². The number of hydrogen-bond acceptors (Lipinski definition) is 6. The van der Waals surface area contributed by atoms with Crippen molar-refractivity contribution in [1.82, 2.24) is 9.88 Å². The monoisotopic (exact) mass is 394 g/mol. The van der Waals surface area contributed by atoms with Crippen molar-refractivity contribution in [1.29, 1.82) is 5.26 Å². The third-order valence-corrected chi connectivity index (χ3v) is 4.94. The van der Waals surface area contributed by atoms with E-state index in [4.69, 9.17) is 9.47 Å². The summed E-state index contributed by atoms with van der Waals surface area (Å²) in [6.07, 6.45) is 3.71. The molecule has 7 heteroatoms. The molecule has 1 aliphatic heterocycles. The second kappa shape index (κ2) is 9.78. The lowest BCUT2D eigenvalue weighted by Gasteiger charge is -2.35. The van der Waals surface area contributed by atoms with Crippen molar-refractivity contribution >= 4 is 11.7 Å². The van der Waals surface area contributed by atoms with Gasteiger partial charge in [-0.2, -0.15) is 5.26 Å². The lowest BCUT2D eigenvalue weighted by atomic mass is 10.1. The van der Waals surface area contributed by atoms with E-state index in [-0.39, 0.29) is 5.91 Å². The van der Waals surface area contributed by atoms with Gasteiger partial charge in [0.25, 0.3) is 5.91 Å². The predicted molar refractivity (Wildman–Crippen MR) is 110 cm³/mol. The summed E-state index contributed by atoms with van der Waals surface area (Å²) in [5.74, 6) is 1.86. The van der Waals surface area contributed by atoms with Crippen molar-refractivity contribution in [2.75, 3.05) is 44.8 Å². The summed E-state index contributed by atoms with van der Waals surface area (Å²) in [4.78, 5) is 21.1. The number of pyridine rings is 1. The second-order valence-electron chi connectivity index (χ2n) is 6.83. The lowest BCUT2D eigenvalue weighted by Crippen LogP contribution is -2.49. The van der Waals surface area contributed by atoms with Crippen LogP contribution in [0, 0.1) is 11.3 Å². The Bertz CT molecular complexity index is 886. The predicted octanol–water partition coefficient (Wildman–Crippen LogP) is 3.10. The van der Waals surface area contributed by atoms with Gasteiger partial charge in [-0.25, -0.2) is 4.98 Å². The number of piperazine rings is 1. The molecule has 1 aromatic heterocycles. The molecule has 7 nitrogen and oxygen atoms in total. The van der Waals surface area contributed by atoms with Gasteiger partial charge in [-0.3, -0.25) is 4.79 Å². The summed E-state index contributed by atoms with van der Waals surface area (Å²) in [6.45, 7) is 5.13. The minimum Gasteiger partial charge on any atom is -0.493 e. The number of carbonyl (C=O) groups is 1. The van der Waals surface area contributed by atoms with E-state index in [2.05, 4.69) is 18.0 Å². The van der Waals surface area contributed by atoms with Gasteiger partial charge < -0.3 is 19.3 Å². The summed E-state index contributed by atoms with van der Waals surface area (Å²) in [7, 11) is 1.58. The minimum atomic E-state index is -0.0374. The number of rotatable bonds is 7. The Labute approximate surface area is 171 Å². The van der Waals surface area contributed by atoms with Gasteiger partial charge in [0.05, 0.1) is 19.3 Å². The largest absolute Gasteiger partial charge is 0.493 e. The fourth-order valence-corrected chi connectivity index (χ4v) is 3.29. The van der Waals surface area contributed by atoms with Gasteiger partial charge in [0, 0.05) is 37.9 Å². The van der Waals surface area contributed by atoms with Crippen molar-refractivity contribution in [3.05, 3.63) is 47.7 Å². The van der Waals surface area contributed by atoms with Crippen molar-refractivity contribution < 1.29 is 14.3 Å². The zero-order valence-electron chi connectivity index (χ0n) is 16.9. The Morgan fingerprint density at radius 3 is 2.69 bits per heavy atom. The standard InChI is InChI=1S/C22H26N4O3/c1-3-4-14-29-19-8-7-17(15-20(19)28-2)22(27)26-12-10-25(11-13-26)21-18(16-23)6-5-9-24-21/h5-9,15H,3-4,10-14H2,1-2H3. The van der Waals surface area contributed by atoms with E-state index in [1.165, 1.54) is 0 Å². The van der Waals surface area contributed by atoms with Crippen LogP contribution in [0.2, 0.25) is 0 Å². The molecular formula is C22H26N4O3. The molecule has 1 aliphatic rings. The van der Waals surface area contributed by atoms with Gasteiger partial charge in [-0.15, -0.1) is 0 Å². The van der Waals surface area contributed by atoms with Crippen LogP contribution in [0.1, 0.15) is 35.7 Å². The number of ether oxygens (including phenoxy) is 2. The molecule has 0 spiro atoms. The van der Waals surface area contributed by atoms with E-state index in [1.807, 2.05) is 9.80 Å². The van der Waals surface area contributed by atoms with Gasteiger partial charge >= 0.3 is 0 Å². The SMILES string of the molecule is CCCCOc1ccc(C(=O)N2CCN(c3ncccc3C#N)CC2)cc1OC. The van der Waals surface area contributed by atoms with Crippen molar-refractivity contribution in [3.8, 4) is 17.6 Å².